The largest absolute Gasteiger partial charge is 0.490 e. The number of aliphatic hydroxyl groups excluding tert-OH is 1. The Morgan fingerprint density at radius 2 is 1.79 bits per heavy atom. The second-order valence-corrected chi connectivity index (χ2v) is 14.2. The highest BCUT2D eigenvalue weighted by Gasteiger charge is 2.31. The normalized spacial score (nSPS) is 20.2. The van der Waals surface area contributed by atoms with Gasteiger partial charge in [-0.2, -0.15) is 0 Å². The summed E-state index contributed by atoms with van der Waals surface area (Å²) in [5, 5.41) is 10.2. The van der Waals surface area contributed by atoms with E-state index in [-0.39, 0.29) is 59.4 Å². The van der Waals surface area contributed by atoms with Gasteiger partial charge in [0, 0.05) is 38.3 Å². The SMILES string of the molecule is C[C@@H]1CCCCO[C@@H](CN(C)C(=O)Cc2ccccc2)[C@@H](C)CN([C@H](C)CO)C(=O)c2cc(NS(=O)(=O)c3ccc(F)cc3)ccc2O1. The van der Waals surface area contributed by atoms with Gasteiger partial charge in [0.15, 0.2) is 0 Å². The fourth-order valence-corrected chi connectivity index (χ4v) is 6.60. The van der Waals surface area contributed by atoms with E-state index in [1.165, 1.54) is 17.0 Å². The van der Waals surface area contributed by atoms with Crippen molar-refractivity contribution in [2.24, 2.45) is 5.92 Å². The summed E-state index contributed by atoms with van der Waals surface area (Å²) in [6.45, 7) is 6.23. The molecule has 12 heteroatoms. The zero-order chi connectivity index (χ0) is 34.8. The lowest BCUT2D eigenvalue weighted by Crippen LogP contribution is -2.48. The van der Waals surface area contributed by atoms with Crippen molar-refractivity contribution in [1.82, 2.24) is 9.80 Å². The molecular formula is C36H46FN3O7S. The van der Waals surface area contributed by atoms with Crippen molar-refractivity contribution in [3.05, 3.63) is 89.7 Å². The predicted octanol–water partition coefficient (Wildman–Crippen LogP) is 5.12. The maximum atomic E-state index is 14.3. The number of anilines is 1. The molecule has 0 radical (unpaired) electrons. The smallest absolute Gasteiger partial charge is 0.261 e. The fourth-order valence-electron chi connectivity index (χ4n) is 5.55. The van der Waals surface area contributed by atoms with Gasteiger partial charge in [-0.15, -0.1) is 0 Å². The number of carbonyl (C=O) groups excluding carboxylic acids is 2. The number of amides is 2. The van der Waals surface area contributed by atoms with Crippen LogP contribution in [0.4, 0.5) is 10.1 Å². The van der Waals surface area contributed by atoms with Crippen molar-refractivity contribution in [3.63, 3.8) is 0 Å². The van der Waals surface area contributed by atoms with E-state index in [1.807, 2.05) is 44.2 Å². The van der Waals surface area contributed by atoms with E-state index in [4.69, 9.17) is 9.47 Å². The molecular weight excluding hydrogens is 637 g/mol. The summed E-state index contributed by atoms with van der Waals surface area (Å²) in [4.78, 5) is 30.5. The summed E-state index contributed by atoms with van der Waals surface area (Å²) in [7, 11) is -2.35. The van der Waals surface area contributed by atoms with Crippen molar-refractivity contribution >= 4 is 27.5 Å². The summed E-state index contributed by atoms with van der Waals surface area (Å²) < 4.78 is 54.7. The molecule has 0 fully saturated rings. The number of hydrogen-bond donors (Lipinski definition) is 2. The molecule has 1 heterocycles. The highest BCUT2D eigenvalue weighted by Crippen LogP contribution is 2.29. The Morgan fingerprint density at radius 1 is 1.08 bits per heavy atom. The van der Waals surface area contributed by atoms with Crippen LogP contribution in [0.25, 0.3) is 0 Å². The molecule has 0 saturated heterocycles. The first-order valence-corrected chi connectivity index (χ1v) is 17.8. The summed E-state index contributed by atoms with van der Waals surface area (Å²) in [6, 6.07) is 17.8. The first kappa shape index (κ1) is 36.8. The number of halogens is 1. The fraction of sp³-hybridized carbons (Fsp3) is 0.444. The third kappa shape index (κ3) is 10.0. The van der Waals surface area contributed by atoms with Crippen LogP contribution in [-0.4, -0.2) is 86.7 Å². The summed E-state index contributed by atoms with van der Waals surface area (Å²) in [5.41, 5.74) is 1.16. The standard InChI is InChI=1S/C36H46FN3O7S/c1-25-22-40(26(2)24-41)36(43)32-21-30(38-48(44,45)31-16-13-29(37)14-17-31)15-18-33(32)47-27(3)10-8-9-19-46-34(25)23-39(4)35(42)20-28-11-6-5-7-12-28/h5-7,11-18,21,25-27,34,38,41H,8-10,19-20,22-24H2,1-4H3/t25-,26+,27+,34-/m0/s1. The average Bonchev–Trinajstić information content (AvgIpc) is 3.06. The minimum atomic E-state index is -4.09. The molecule has 10 nitrogen and oxygen atoms in total. The molecule has 0 unspecified atom stereocenters. The van der Waals surface area contributed by atoms with E-state index >= 15 is 0 Å². The van der Waals surface area contributed by atoms with Crippen molar-refractivity contribution in [3.8, 4) is 5.75 Å². The van der Waals surface area contributed by atoms with Crippen molar-refractivity contribution < 1.29 is 37.0 Å². The monoisotopic (exact) mass is 683 g/mol. The quantitative estimate of drug-likeness (QED) is 0.321. The van der Waals surface area contributed by atoms with Gasteiger partial charge in [0.2, 0.25) is 5.91 Å². The Labute approximate surface area is 282 Å². The lowest BCUT2D eigenvalue weighted by atomic mass is 10.0. The minimum absolute atomic E-state index is 0.0522. The first-order chi connectivity index (χ1) is 22.9. The van der Waals surface area contributed by atoms with Gasteiger partial charge in [0.25, 0.3) is 15.9 Å². The number of hydrogen-bond acceptors (Lipinski definition) is 7. The van der Waals surface area contributed by atoms with E-state index in [0.717, 1.165) is 42.7 Å². The van der Waals surface area contributed by atoms with Gasteiger partial charge in [-0.3, -0.25) is 14.3 Å². The Kier molecular flexibility index (Phi) is 13.0. The minimum Gasteiger partial charge on any atom is -0.490 e. The number of nitrogens with one attached hydrogen (secondary N) is 1. The summed E-state index contributed by atoms with van der Waals surface area (Å²) >= 11 is 0. The molecule has 0 bridgehead atoms. The van der Waals surface area contributed by atoms with E-state index < -0.39 is 33.9 Å². The second-order valence-electron chi connectivity index (χ2n) is 12.5. The number of benzene rings is 3. The van der Waals surface area contributed by atoms with Crippen LogP contribution in [-0.2, 0) is 26.0 Å². The first-order valence-electron chi connectivity index (χ1n) is 16.3. The van der Waals surface area contributed by atoms with Crippen LogP contribution >= 0.6 is 0 Å². The van der Waals surface area contributed by atoms with E-state index in [2.05, 4.69) is 4.72 Å². The highest BCUT2D eigenvalue weighted by molar-refractivity contribution is 7.92. The maximum absolute atomic E-state index is 14.3. The van der Waals surface area contributed by atoms with Crippen LogP contribution in [0, 0.1) is 11.7 Å². The molecule has 4 atom stereocenters. The van der Waals surface area contributed by atoms with E-state index in [1.54, 1.807) is 24.9 Å². The van der Waals surface area contributed by atoms with Gasteiger partial charge in [-0.25, -0.2) is 12.8 Å². The number of rotatable bonds is 9. The molecule has 0 aromatic heterocycles. The Morgan fingerprint density at radius 3 is 2.48 bits per heavy atom. The van der Waals surface area contributed by atoms with Gasteiger partial charge in [0.1, 0.15) is 11.6 Å². The predicted molar refractivity (Wildman–Crippen MR) is 182 cm³/mol. The molecule has 48 heavy (non-hydrogen) atoms. The van der Waals surface area contributed by atoms with E-state index in [9.17, 15) is 27.5 Å². The molecule has 3 aromatic rings. The van der Waals surface area contributed by atoms with Gasteiger partial charge >= 0.3 is 0 Å². The van der Waals surface area contributed by atoms with Crippen molar-refractivity contribution in [1.29, 1.82) is 0 Å². The van der Waals surface area contributed by atoms with Crippen LogP contribution < -0.4 is 9.46 Å². The number of aliphatic hydroxyl groups is 1. The number of fused-ring (bicyclic) bond motifs is 1. The van der Waals surface area contributed by atoms with Gasteiger partial charge in [-0.1, -0.05) is 37.3 Å². The third-order valence-corrected chi connectivity index (χ3v) is 9.90. The zero-order valence-electron chi connectivity index (χ0n) is 28.0. The molecule has 260 valence electrons. The molecule has 1 aliphatic heterocycles. The summed E-state index contributed by atoms with van der Waals surface area (Å²) in [6.07, 6.45) is 1.85. The number of likely N-dealkylation sites (N-methyl/N-ethyl adjacent to an activating group) is 1. The molecule has 2 amide bonds. The van der Waals surface area contributed by atoms with Crippen LogP contribution in [0.3, 0.4) is 0 Å². The second kappa shape index (κ2) is 16.9. The van der Waals surface area contributed by atoms with Crippen LogP contribution in [0.2, 0.25) is 0 Å². The van der Waals surface area contributed by atoms with Crippen molar-refractivity contribution in [2.75, 3.05) is 38.1 Å². The molecule has 3 aromatic carbocycles. The van der Waals surface area contributed by atoms with E-state index in [0.29, 0.717) is 19.6 Å². The number of nitrogens with zero attached hydrogens (tertiary/aromatic N) is 2. The third-order valence-electron chi connectivity index (χ3n) is 8.51. The molecule has 4 rings (SSSR count). The van der Waals surface area contributed by atoms with Crippen LogP contribution in [0.1, 0.15) is 56.0 Å². The zero-order valence-corrected chi connectivity index (χ0v) is 28.8. The number of ether oxygens (including phenoxy) is 2. The maximum Gasteiger partial charge on any atom is 0.261 e. The van der Waals surface area contributed by atoms with Crippen molar-refractivity contribution in [2.45, 2.75) is 69.6 Å². The Balaban J connectivity index is 1.63. The number of carbonyl (C=O) groups is 2. The van der Waals surface area contributed by atoms with Crippen LogP contribution in [0.5, 0.6) is 5.75 Å². The summed E-state index contributed by atoms with van der Waals surface area (Å²) in [5.74, 6) is -1.04. The number of sulfonamides is 1. The highest BCUT2D eigenvalue weighted by atomic mass is 32.2. The molecule has 0 spiro atoms. The Hall–Kier alpha value is -4.00. The molecule has 0 aliphatic carbocycles. The lowest BCUT2D eigenvalue weighted by Gasteiger charge is -2.36. The molecule has 2 N–H and O–H groups in total. The molecule has 1 aliphatic rings. The average molecular weight is 684 g/mol. The van der Waals surface area contributed by atoms with Gasteiger partial charge < -0.3 is 24.4 Å². The topological polar surface area (TPSA) is 125 Å². The molecule has 0 saturated carbocycles. The lowest BCUT2D eigenvalue weighted by molar-refractivity contribution is -0.131. The van der Waals surface area contributed by atoms with Gasteiger partial charge in [-0.05, 0) is 81.1 Å². The van der Waals surface area contributed by atoms with Crippen LogP contribution in [0.15, 0.2) is 77.7 Å². The Bertz CT molecular complexity index is 1620. The van der Waals surface area contributed by atoms with Gasteiger partial charge in [0.05, 0.1) is 41.7 Å².